The number of ether oxygens (including phenoxy) is 1. The van der Waals surface area contributed by atoms with Crippen LogP contribution in [-0.4, -0.2) is 40.8 Å². The quantitative estimate of drug-likeness (QED) is 0.908. The second kappa shape index (κ2) is 5.88. The van der Waals surface area contributed by atoms with Crippen molar-refractivity contribution >= 4 is 0 Å². The Kier molecular flexibility index (Phi) is 4.42. The average molecular weight is 264 g/mol. The Hall–Kier alpha value is -1.13. The summed E-state index contributed by atoms with van der Waals surface area (Å²) in [7, 11) is 1.68. The van der Waals surface area contributed by atoms with Crippen LogP contribution in [0, 0.1) is 6.92 Å². The molecule has 2 rings (SSSR count). The molecule has 1 unspecified atom stereocenters. The highest BCUT2D eigenvalue weighted by molar-refractivity contribution is 5.26. The first kappa shape index (κ1) is 14.3. The number of nitrogens with zero attached hydrogens (tertiary/aromatic N) is 2. The lowest BCUT2D eigenvalue weighted by atomic mass is 9.98. The van der Waals surface area contributed by atoms with Crippen LogP contribution in [0.5, 0.6) is 5.75 Å². The van der Waals surface area contributed by atoms with E-state index in [-0.39, 0.29) is 0 Å². The highest BCUT2D eigenvalue weighted by Gasteiger charge is 2.25. The molecule has 1 saturated heterocycles. The van der Waals surface area contributed by atoms with E-state index < -0.39 is 5.60 Å². The van der Waals surface area contributed by atoms with Crippen LogP contribution in [0.4, 0.5) is 0 Å². The van der Waals surface area contributed by atoms with Gasteiger partial charge in [0.1, 0.15) is 5.75 Å². The molecule has 1 atom stereocenters. The second-order valence-corrected chi connectivity index (χ2v) is 5.77. The maximum absolute atomic E-state index is 10.1. The Balaban J connectivity index is 2.02. The molecule has 0 aromatic carbocycles. The van der Waals surface area contributed by atoms with Crippen molar-refractivity contribution in [2.24, 2.45) is 0 Å². The van der Waals surface area contributed by atoms with Gasteiger partial charge in [-0.3, -0.25) is 9.88 Å². The van der Waals surface area contributed by atoms with Crippen LogP contribution in [0.2, 0.25) is 0 Å². The molecule has 19 heavy (non-hydrogen) atoms. The summed E-state index contributed by atoms with van der Waals surface area (Å²) in [6.45, 7) is 6.69. The largest absolute Gasteiger partial charge is 0.497 e. The first-order chi connectivity index (χ1) is 8.98. The number of pyridine rings is 1. The average Bonchev–Trinajstić information content (AvgIpc) is 2.50. The van der Waals surface area contributed by atoms with Crippen molar-refractivity contribution in [3.8, 4) is 5.75 Å². The van der Waals surface area contributed by atoms with E-state index in [2.05, 4.69) is 9.88 Å². The highest BCUT2D eigenvalue weighted by Crippen LogP contribution is 2.23. The Bertz CT molecular complexity index is 432. The van der Waals surface area contributed by atoms with E-state index in [1.807, 2.05) is 26.0 Å². The SMILES string of the molecule is COc1cc(C)nc(CN2CCCC(C)(O)CC2)c1. The van der Waals surface area contributed by atoms with Crippen LogP contribution in [0.25, 0.3) is 0 Å². The second-order valence-electron chi connectivity index (χ2n) is 5.77. The minimum atomic E-state index is -0.507. The molecular formula is C15H24N2O2. The number of hydrogen-bond acceptors (Lipinski definition) is 4. The molecule has 4 heteroatoms. The van der Waals surface area contributed by atoms with Gasteiger partial charge in [0.15, 0.2) is 0 Å². The molecule has 0 radical (unpaired) electrons. The summed E-state index contributed by atoms with van der Waals surface area (Å²) in [5.74, 6) is 0.865. The Labute approximate surface area is 115 Å². The van der Waals surface area contributed by atoms with Crippen molar-refractivity contribution < 1.29 is 9.84 Å². The minimum Gasteiger partial charge on any atom is -0.497 e. The molecule has 1 aromatic heterocycles. The minimum absolute atomic E-state index is 0.507. The summed E-state index contributed by atoms with van der Waals surface area (Å²) in [6, 6.07) is 3.94. The fourth-order valence-corrected chi connectivity index (χ4v) is 2.61. The van der Waals surface area contributed by atoms with Crippen LogP contribution in [0.3, 0.4) is 0 Å². The van der Waals surface area contributed by atoms with Gasteiger partial charge < -0.3 is 9.84 Å². The molecule has 1 aromatic rings. The van der Waals surface area contributed by atoms with Crippen molar-refractivity contribution in [3.63, 3.8) is 0 Å². The van der Waals surface area contributed by atoms with Crippen LogP contribution in [-0.2, 0) is 6.54 Å². The van der Waals surface area contributed by atoms with Gasteiger partial charge in [-0.2, -0.15) is 0 Å². The van der Waals surface area contributed by atoms with Gasteiger partial charge in [0.05, 0.1) is 18.4 Å². The van der Waals surface area contributed by atoms with Gasteiger partial charge in [-0.15, -0.1) is 0 Å². The van der Waals surface area contributed by atoms with Crippen molar-refractivity contribution in [1.82, 2.24) is 9.88 Å². The molecule has 0 saturated carbocycles. The maximum atomic E-state index is 10.1. The molecule has 1 N–H and O–H groups in total. The monoisotopic (exact) mass is 264 g/mol. The number of aliphatic hydroxyl groups is 1. The summed E-state index contributed by atoms with van der Waals surface area (Å²) in [5.41, 5.74) is 1.52. The number of methoxy groups -OCH3 is 1. The fraction of sp³-hybridized carbons (Fsp3) is 0.667. The van der Waals surface area contributed by atoms with E-state index in [9.17, 15) is 5.11 Å². The number of hydrogen-bond donors (Lipinski definition) is 1. The van der Waals surface area contributed by atoms with Crippen molar-refractivity contribution in [1.29, 1.82) is 0 Å². The van der Waals surface area contributed by atoms with Crippen LogP contribution in [0.15, 0.2) is 12.1 Å². The molecule has 2 heterocycles. The van der Waals surface area contributed by atoms with Gasteiger partial charge in [-0.1, -0.05) is 0 Å². The van der Waals surface area contributed by atoms with Gasteiger partial charge in [-0.25, -0.2) is 0 Å². The normalized spacial score (nSPS) is 25.1. The number of likely N-dealkylation sites (tertiary alicyclic amines) is 1. The van der Waals surface area contributed by atoms with Crippen molar-refractivity contribution in [3.05, 3.63) is 23.5 Å². The maximum Gasteiger partial charge on any atom is 0.122 e. The van der Waals surface area contributed by atoms with Gasteiger partial charge in [0, 0.05) is 30.9 Å². The molecule has 0 aliphatic carbocycles. The van der Waals surface area contributed by atoms with Gasteiger partial charge in [-0.05, 0) is 39.7 Å². The number of rotatable bonds is 3. The summed E-state index contributed by atoms with van der Waals surface area (Å²) in [5, 5.41) is 10.1. The Morgan fingerprint density at radius 1 is 1.37 bits per heavy atom. The molecule has 1 aliphatic heterocycles. The lowest BCUT2D eigenvalue weighted by Gasteiger charge is -2.22. The summed E-state index contributed by atoms with van der Waals surface area (Å²) >= 11 is 0. The van der Waals surface area contributed by atoms with E-state index in [1.165, 1.54) is 0 Å². The zero-order valence-corrected chi connectivity index (χ0v) is 12.1. The predicted octanol–water partition coefficient (Wildman–Crippen LogP) is 2.14. The van der Waals surface area contributed by atoms with Crippen molar-refractivity contribution in [2.45, 2.75) is 45.3 Å². The third kappa shape index (κ3) is 4.18. The van der Waals surface area contributed by atoms with E-state index >= 15 is 0 Å². The zero-order chi connectivity index (χ0) is 13.9. The van der Waals surface area contributed by atoms with E-state index in [0.29, 0.717) is 0 Å². The summed E-state index contributed by atoms with van der Waals surface area (Å²) in [4.78, 5) is 6.92. The molecular weight excluding hydrogens is 240 g/mol. The summed E-state index contributed by atoms with van der Waals surface area (Å²) < 4.78 is 5.28. The molecule has 106 valence electrons. The molecule has 0 bridgehead atoms. The van der Waals surface area contributed by atoms with Crippen LogP contribution < -0.4 is 4.74 Å². The zero-order valence-electron chi connectivity index (χ0n) is 12.1. The fourth-order valence-electron chi connectivity index (χ4n) is 2.61. The Morgan fingerprint density at radius 2 is 2.16 bits per heavy atom. The standard InChI is InChI=1S/C15H24N2O2/c1-12-9-14(19-3)10-13(16-12)11-17-7-4-5-15(2,18)6-8-17/h9-10,18H,4-8,11H2,1-3H3. The van der Waals surface area contributed by atoms with Crippen LogP contribution in [0.1, 0.15) is 37.6 Å². The highest BCUT2D eigenvalue weighted by atomic mass is 16.5. The molecule has 4 nitrogen and oxygen atoms in total. The number of aryl methyl sites for hydroxylation is 1. The van der Waals surface area contributed by atoms with Crippen molar-refractivity contribution in [2.75, 3.05) is 20.2 Å². The first-order valence-corrected chi connectivity index (χ1v) is 6.95. The molecule has 1 fully saturated rings. The topological polar surface area (TPSA) is 45.6 Å². The third-order valence-corrected chi connectivity index (χ3v) is 3.76. The number of aromatic nitrogens is 1. The van der Waals surface area contributed by atoms with E-state index in [1.54, 1.807) is 7.11 Å². The molecule has 1 aliphatic rings. The van der Waals surface area contributed by atoms with E-state index in [0.717, 1.165) is 56.0 Å². The van der Waals surface area contributed by atoms with Crippen LogP contribution >= 0.6 is 0 Å². The Morgan fingerprint density at radius 3 is 2.89 bits per heavy atom. The predicted molar refractivity (Wildman–Crippen MR) is 75.3 cm³/mol. The first-order valence-electron chi connectivity index (χ1n) is 6.95. The van der Waals surface area contributed by atoms with E-state index in [4.69, 9.17) is 4.74 Å². The van der Waals surface area contributed by atoms with Gasteiger partial charge in [0.25, 0.3) is 0 Å². The van der Waals surface area contributed by atoms with Gasteiger partial charge in [0.2, 0.25) is 0 Å². The lowest BCUT2D eigenvalue weighted by Crippen LogP contribution is -2.28. The third-order valence-electron chi connectivity index (χ3n) is 3.76. The molecule has 0 spiro atoms. The van der Waals surface area contributed by atoms with Gasteiger partial charge >= 0.3 is 0 Å². The lowest BCUT2D eigenvalue weighted by molar-refractivity contribution is 0.0444. The smallest absolute Gasteiger partial charge is 0.122 e. The summed E-state index contributed by atoms with van der Waals surface area (Å²) in [6.07, 6.45) is 2.75. The molecule has 0 amide bonds.